The van der Waals surface area contributed by atoms with Gasteiger partial charge in [0.05, 0.1) is 0 Å². The summed E-state index contributed by atoms with van der Waals surface area (Å²) in [5.74, 6) is 77.3. The normalized spacial score (nSPS) is 10.9. The van der Waals surface area contributed by atoms with Crippen molar-refractivity contribution in [1.82, 2.24) is 0 Å². The van der Waals surface area contributed by atoms with Gasteiger partial charge in [-0.25, -0.2) is 0 Å². The third kappa shape index (κ3) is 12.7. The van der Waals surface area contributed by atoms with Crippen molar-refractivity contribution >= 4 is 17.1 Å². The van der Waals surface area contributed by atoms with Crippen LogP contribution in [-0.2, 0) is 10.8 Å². The molecule has 8 rings (SSSR count). The highest BCUT2D eigenvalue weighted by Crippen LogP contribution is 2.56. The van der Waals surface area contributed by atoms with Gasteiger partial charge < -0.3 is 4.90 Å². The first kappa shape index (κ1) is 54.8. The first-order chi connectivity index (χ1) is 38.5. The van der Waals surface area contributed by atoms with Crippen molar-refractivity contribution in [2.45, 2.75) is 64.7 Å². The van der Waals surface area contributed by atoms with Gasteiger partial charge in [0.15, 0.2) is 0 Å². The summed E-state index contributed by atoms with van der Waals surface area (Å²) in [6.45, 7) is 12.8. The van der Waals surface area contributed by atoms with Crippen molar-refractivity contribution in [2.24, 2.45) is 0 Å². The molecule has 2 aliphatic carbocycles. The molecule has 1 atom stereocenters. The summed E-state index contributed by atoms with van der Waals surface area (Å²) in [7, 11) is 0. The predicted octanol–water partition coefficient (Wildman–Crippen LogP) is 12.7. The summed E-state index contributed by atoms with van der Waals surface area (Å²) in [5.41, 5.74) is 14.3. The number of rotatable bonds is 5. The first-order valence-corrected chi connectivity index (χ1v) is 24.9. The molecule has 0 fully saturated rings. The van der Waals surface area contributed by atoms with E-state index in [1.54, 1.807) is 0 Å². The molecule has 0 aliphatic heterocycles. The fraction of sp³-hybridized carbons (Fsp3) is 0.128. The summed E-state index contributed by atoms with van der Waals surface area (Å²) in [5, 5.41) is 0. The largest absolute Gasteiger partial charge is 0.311 e. The van der Waals surface area contributed by atoms with Crippen LogP contribution in [0.5, 0.6) is 0 Å². The number of fused-ring (bicyclic) bond motifs is 6. The Morgan fingerprint density at radius 1 is 0.342 bits per heavy atom. The van der Waals surface area contributed by atoms with Gasteiger partial charge in [0.25, 0.3) is 0 Å². The maximum absolute atomic E-state index is 5.26. The summed E-state index contributed by atoms with van der Waals surface area (Å²) >= 11 is 0. The van der Waals surface area contributed by atoms with Gasteiger partial charge >= 0.3 is 0 Å². The highest BCUT2D eigenvalue weighted by molar-refractivity contribution is 5.95. The molecule has 6 aromatic rings. The zero-order chi connectivity index (χ0) is 56.0. The molecule has 362 valence electrons. The lowest BCUT2D eigenvalue weighted by molar-refractivity contribution is 0.733. The Kier molecular flexibility index (Phi) is 18.3. The van der Waals surface area contributed by atoms with E-state index in [1.807, 2.05) is 26.0 Å². The molecular weight excluding hydrogens is 951 g/mol. The monoisotopic (exact) mass is 995 g/mol. The molecule has 2 aliphatic rings. The van der Waals surface area contributed by atoms with Crippen LogP contribution in [0.3, 0.4) is 0 Å². The smallest absolute Gasteiger partial charge is 0.145 e. The van der Waals surface area contributed by atoms with Gasteiger partial charge in [-0.05, 0) is 281 Å². The Bertz CT molecular complexity index is 4050. The van der Waals surface area contributed by atoms with Crippen LogP contribution in [0.4, 0.5) is 17.1 Å². The van der Waals surface area contributed by atoms with Gasteiger partial charge in [0, 0.05) is 17.1 Å². The van der Waals surface area contributed by atoms with E-state index in [9.17, 15) is 0 Å². The molecule has 0 aromatic heterocycles. The molecule has 0 bridgehead atoms. The highest BCUT2D eigenvalue weighted by Gasteiger charge is 2.47. The lowest BCUT2D eigenvalue weighted by atomic mass is 9.76. The molecule has 0 spiro atoms. The van der Waals surface area contributed by atoms with Crippen LogP contribution in [0.25, 0.3) is 22.3 Å². The minimum Gasteiger partial charge on any atom is -0.311 e. The minimum absolute atomic E-state index is 0.598. The zero-order valence-corrected chi connectivity index (χ0v) is 44.6. The number of hydrogen-bond donors (Lipinski definition) is 0. The van der Waals surface area contributed by atoms with Crippen LogP contribution >= 0.6 is 0 Å². The zero-order valence-electron chi connectivity index (χ0n) is 44.6. The molecule has 1 nitrogen and oxygen atoms in total. The second kappa shape index (κ2) is 26.3. The van der Waals surface area contributed by atoms with Gasteiger partial charge in [-0.15, -0.1) is 25.7 Å². The number of anilines is 3. The van der Waals surface area contributed by atoms with Crippen LogP contribution in [0.2, 0.25) is 0 Å². The number of aryl methyl sites for hydroxylation is 4. The SMILES string of the molecule is C#CC#CC#CC#CC1(C#CC#CC#CC#C)c2cc(C)ccc2-c2cc3c(cc21)-c1ccc(C)cc1C3(C#CC#CC#CC#C)C#CC#CC#CC#C.CCC(C)c1ccc(N(c2ccc(C)cc2)c2ccc(C)cc2)cc1. The minimum atomic E-state index is -1.15. The fourth-order valence-corrected chi connectivity index (χ4v) is 9.01. The standard InChI is InChI=1S/C54H18.C24H27N/c1-7-11-15-19-23-27-35-53(36-28-24-20-16-12-8-2)49-39-43(5)31-33-45(49)47-42-52-48(41-51(47)53)46-34-32-44(6)40-50(46)54(52,37-29-25-21-17-13-9-3)38-30-26-22-18-14-10-4;1-5-20(4)21-10-16-24(17-11-21)25(22-12-6-18(2)7-13-22)23-14-8-19(3)9-15-23/h1-4,31-34,39-42H,5-6H3;6-17,20H,5H2,1-4H3. The summed E-state index contributed by atoms with van der Waals surface area (Å²) in [6.07, 6.45) is 22.2. The van der Waals surface area contributed by atoms with E-state index >= 15 is 0 Å². The van der Waals surface area contributed by atoms with E-state index in [1.165, 1.54) is 40.2 Å². The second-order valence-corrected chi connectivity index (χ2v) is 18.0. The molecule has 0 amide bonds. The first-order valence-electron chi connectivity index (χ1n) is 24.9. The van der Waals surface area contributed by atoms with Crippen molar-refractivity contribution in [3.63, 3.8) is 0 Å². The molecule has 0 saturated carbocycles. The second-order valence-electron chi connectivity index (χ2n) is 18.0. The fourth-order valence-electron chi connectivity index (χ4n) is 9.01. The molecule has 0 radical (unpaired) electrons. The van der Waals surface area contributed by atoms with Crippen LogP contribution < -0.4 is 4.90 Å². The Morgan fingerprint density at radius 3 is 0.937 bits per heavy atom. The lowest BCUT2D eigenvalue weighted by Crippen LogP contribution is -2.23. The maximum Gasteiger partial charge on any atom is 0.145 e. The molecule has 0 saturated heterocycles. The topological polar surface area (TPSA) is 3.24 Å². The summed E-state index contributed by atoms with van der Waals surface area (Å²) in [6, 6.07) is 43.0. The molecule has 0 heterocycles. The molecule has 79 heavy (non-hydrogen) atoms. The van der Waals surface area contributed by atoms with E-state index in [2.05, 4.69) is 308 Å². The van der Waals surface area contributed by atoms with Crippen molar-refractivity contribution in [3.05, 3.63) is 171 Å². The van der Waals surface area contributed by atoms with E-state index in [0.717, 1.165) is 55.6 Å². The van der Waals surface area contributed by atoms with Crippen molar-refractivity contribution in [3.8, 4) is 214 Å². The van der Waals surface area contributed by atoms with Crippen molar-refractivity contribution < 1.29 is 0 Å². The third-order valence-electron chi connectivity index (χ3n) is 12.9. The van der Waals surface area contributed by atoms with Crippen molar-refractivity contribution in [2.75, 3.05) is 4.90 Å². The van der Waals surface area contributed by atoms with E-state index in [4.69, 9.17) is 25.7 Å². The van der Waals surface area contributed by atoms with Gasteiger partial charge in [0.1, 0.15) is 10.8 Å². The Labute approximate surface area is 469 Å². The quantitative estimate of drug-likeness (QED) is 0.156. The van der Waals surface area contributed by atoms with Gasteiger partial charge in [-0.1, -0.05) is 133 Å². The molecule has 1 heteroatoms. The molecular formula is C78H45N. The van der Waals surface area contributed by atoms with Gasteiger partial charge in [-0.3, -0.25) is 0 Å². The Hall–Kier alpha value is -11.9. The van der Waals surface area contributed by atoms with Crippen LogP contribution in [-0.4, -0.2) is 0 Å². The predicted molar refractivity (Wildman–Crippen MR) is 326 cm³/mol. The number of hydrogen-bond acceptors (Lipinski definition) is 1. The Morgan fingerprint density at radius 2 is 0.620 bits per heavy atom. The van der Waals surface area contributed by atoms with Crippen LogP contribution in [0.15, 0.2) is 121 Å². The average molecular weight is 996 g/mol. The summed E-state index contributed by atoms with van der Waals surface area (Å²) < 4.78 is 0. The maximum atomic E-state index is 5.26. The molecule has 1 unspecified atom stereocenters. The van der Waals surface area contributed by atoms with Crippen LogP contribution in [0, 0.1) is 219 Å². The molecule has 6 aromatic carbocycles. The third-order valence-corrected chi connectivity index (χ3v) is 12.9. The lowest BCUT2D eigenvalue weighted by Gasteiger charge is -2.26. The van der Waals surface area contributed by atoms with Crippen molar-refractivity contribution in [1.29, 1.82) is 0 Å². The molecule has 0 N–H and O–H groups in total. The Balaban J connectivity index is 0.000000300. The van der Waals surface area contributed by atoms with E-state index in [-0.39, 0.29) is 0 Å². The number of benzene rings is 6. The van der Waals surface area contributed by atoms with Gasteiger partial charge in [0.2, 0.25) is 0 Å². The van der Waals surface area contributed by atoms with E-state index < -0.39 is 10.8 Å². The van der Waals surface area contributed by atoms with E-state index in [0.29, 0.717) is 5.92 Å². The van der Waals surface area contributed by atoms with Gasteiger partial charge in [-0.2, -0.15) is 0 Å². The average Bonchev–Trinajstić information content (AvgIpc) is 3.36. The number of terminal acetylenes is 4. The highest BCUT2D eigenvalue weighted by atomic mass is 15.1. The number of nitrogens with zero attached hydrogens (tertiary/aromatic N) is 1. The summed E-state index contributed by atoms with van der Waals surface area (Å²) in [4.78, 5) is 2.32. The van der Waals surface area contributed by atoms with Crippen LogP contribution in [0.1, 0.15) is 76.3 Å².